The van der Waals surface area contributed by atoms with Gasteiger partial charge in [-0.05, 0) is 160 Å². The fourth-order valence-electron chi connectivity index (χ4n) is 17.5. The van der Waals surface area contributed by atoms with E-state index in [0.717, 1.165) is 45.9 Å². The summed E-state index contributed by atoms with van der Waals surface area (Å²) in [5.41, 5.74) is -2.40. The van der Waals surface area contributed by atoms with Crippen molar-refractivity contribution in [1.82, 2.24) is 89.3 Å². The van der Waals surface area contributed by atoms with Crippen LogP contribution in [0.4, 0.5) is 64.3 Å². The maximum absolute atomic E-state index is 15.5. The largest absolute Gasteiger partial charge is 0.453 e. The molecule has 1 saturated heterocycles. The van der Waals surface area contributed by atoms with Gasteiger partial charge in [-0.15, -0.1) is 0 Å². The quantitative estimate of drug-likeness (QED) is 0.0278. The first-order chi connectivity index (χ1) is 62.0. The van der Waals surface area contributed by atoms with E-state index < -0.39 is 175 Å². The van der Waals surface area contributed by atoms with E-state index in [2.05, 4.69) is 60.9 Å². The summed E-state index contributed by atoms with van der Waals surface area (Å²) >= 11 is 6.61. The molecule has 2 amide bonds. The molecule has 2 saturated carbocycles. The van der Waals surface area contributed by atoms with E-state index in [1.165, 1.54) is 66.2 Å². The van der Waals surface area contributed by atoms with Gasteiger partial charge in [0.15, 0.2) is 11.6 Å². The first-order valence-electron chi connectivity index (χ1n) is 40.2. The number of hydrogen-bond donors (Lipinski definition) is 4. The Morgan fingerprint density at radius 2 is 0.932 bits per heavy atom. The molecular weight excluding hydrogens is 1920 g/mol. The predicted molar refractivity (Wildman–Crippen MR) is 462 cm³/mol. The van der Waals surface area contributed by atoms with Gasteiger partial charge in [-0.25, -0.2) is 61.9 Å². The van der Waals surface area contributed by atoms with Gasteiger partial charge in [0.2, 0.25) is 31.9 Å². The smallest absolute Gasteiger partial charge is 0.426 e. The van der Waals surface area contributed by atoms with Gasteiger partial charge in [0.1, 0.15) is 70.8 Å². The molecule has 0 radical (unpaired) electrons. The molecule has 0 spiro atoms. The molecule has 0 unspecified atom stereocenters. The first kappa shape index (κ1) is 95.4. The number of aromatic nitrogens is 16. The second-order valence-corrected chi connectivity index (χ2v) is 36.1. The monoisotopic (exact) mass is 1990 g/mol. The van der Waals surface area contributed by atoms with Crippen molar-refractivity contribution in [3.05, 3.63) is 252 Å². The summed E-state index contributed by atoms with van der Waals surface area (Å²) in [4.78, 5) is 67.9. The Morgan fingerprint density at radius 3 is 1.31 bits per heavy atom. The number of nitrogens with one attached hydrogen (secondary N) is 4. The number of alkyl halides is 8. The number of sulfonamides is 2. The van der Waals surface area contributed by atoms with E-state index in [4.69, 9.17) is 35.3 Å². The predicted octanol–water partition coefficient (Wildman–Crippen LogP) is 13.5. The first-order valence-corrected chi connectivity index (χ1v) is 44.4. The molecule has 694 valence electrons. The molecule has 9 heterocycles. The van der Waals surface area contributed by atoms with Crippen molar-refractivity contribution in [3.8, 4) is 33.9 Å². The van der Waals surface area contributed by atoms with Gasteiger partial charge in [-0.1, -0.05) is 29.8 Å². The minimum absolute atomic E-state index is 0. The number of carbonyl (C=O) groups excluding carboxylic acids is 2. The Bertz CT molecular complexity index is 6920. The zero-order valence-electron chi connectivity index (χ0n) is 71.0. The SMILES string of the molecule is CB1OB(C)OB(C)O1.Cc1ccc(-n2c([C@H](Cc3cc(F)cc(F)c3)NC(=O)Cn3nc(C(F)F)c4c3C(F)(F)[C@@H]3C[C@H]43)nc3cc(-c4cccnn4)ccc3c2=O)c2c1c(NS(C)(=O)=O)nn2C.Cn1nc(NS(C)(=O)=O)c2c(Cl)ccc(-n3c([C@H](Cc4cc(F)cc(F)c4)NC(=O)Cn4nc(C(F)F)c5c4C(F)(F)[C@@H]4C[C@H]54)nc4cc(-c5cccnn5)ccc4c3=O)c21.[CH3-].[Pd]. The van der Waals surface area contributed by atoms with Crippen LogP contribution < -0.4 is 31.2 Å². The van der Waals surface area contributed by atoms with Crippen LogP contribution in [0.5, 0.6) is 0 Å². The Hall–Kier alpha value is -12.3. The number of carbonyl (C=O) groups is 2. The number of fused-ring (bicyclic) bond motifs is 10. The molecule has 1 aliphatic heterocycles. The van der Waals surface area contributed by atoms with Crippen LogP contribution in [0.25, 0.3) is 77.5 Å². The van der Waals surface area contributed by atoms with E-state index in [9.17, 15) is 71.1 Å². The summed E-state index contributed by atoms with van der Waals surface area (Å²) in [6.07, 6.45) is -2.55. The van der Waals surface area contributed by atoms with Crippen LogP contribution in [0, 0.1) is 49.5 Å². The number of benzene rings is 6. The third-order valence-corrected chi connectivity index (χ3v) is 24.2. The number of halogens is 13. The van der Waals surface area contributed by atoms with Crippen LogP contribution in [0.2, 0.25) is 25.5 Å². The summed E-state index contributed by atoms with van der Waals surface area (Å²) in [7, 11) is -5.21. The Balaban J connectivity index is 0.000000183. The normalized spacial score (nSPS) is 17.2. The average molecular weight is 1990 g/mol. The number of aryl methyl sites for hydroxylation is 3. The third-order valence-electron chi connectivity index (χ3n) is 22.8. The van der Waals surface area contributed by atoms with Crippen LogP contribution >= 0.6 is 11.6 Å². The molecule has 5 aliphatic rings. The molecule has 19 rings (SSSR count). The molecule has 4 aliphatic carbocycles. The van der Waals surface area contributed by atoms with E-state index in [-0.39, 0.29) is 162 Å². The Labute approximate surface area is 767 Å². The topological polar surface area (TPSA) is 371 Å². The molecule has 4 N–H and O–H groups in total. The van der Waals surface area contributed by atoms with Crippen LogP contribution in [-0.4, -0.2) is 141 Å². The zero-order valence-corrected chi connectivity index (χ0v) is 74.9. The molecule has 0 bridgehead atoms. The van der Waals surface area contributed by atoms with Gasteiger partial charge in [0.05, 0.1) is 96.0 Å². The molecule has 6 aromatic carbocycles. The molecule has 50 heteroatoms. The Morgan fingerprint density at radius 1 is 0.549 bits per heavy atom. The molecule has 133 heavy (non-hydrogen) atoms. The average Bonchev–Trinajstić information content (AvgIpc) is 1.52. The second-order valence-electron chi connectivity index (χ2n) is 32.2. The molecule has 6 atom stereocenters. The minimum Gasteiger partial charge on any atom is -0.453 e. The zero-order chi connectivity index (χ0) is 93.4. The van der Waals surface area contributed by atoms with Crippen molar-refractivity contribution in [3.63, 3.8) is 0 Å². The maximum atomic E-state index is 15.5. The summed E-state index contributed by atoms with van der Waals surface area (Å²) in [6, 6.07) is 24.0. The fourth-order valence-corrected chi connectivity index (χ4v) is 18.7. The molecule has 31 nitrogen and oxygen atoms in total. The third kappa shape index (κ3) is 18.7. The van der Waals surface area contributed by atoms with E-state index in [1.54, 1.807) is 61.5 Å². The van der Waals surface area contributed by atoms with Crippen LogP contribution in [0.3, 0.4) is 0 Å². The van der Waals surface area contributed by atoms with Gasteiger partial charge < -0.3 is 31.8 Å². The number of anilines is 2. The van der Waals surface area contributed by atoms with Crippen molar-refractivity contribution in [2.45, 2.75) is 115 Å². The van der Waals surface area contributed by atoms with Gasteiger partial charge in [0, 0.05) is 106 Å². The van der Waals surface area contributed by atoms with Crippen molar-refractivity contribution in [2.24, 2.45) is 25.9 Å². The number of nitrogens with zero attached hydrogens (tertiary/aromatic N) is 16. The number of hydrogen-bond acceptors (Lipinski definition) is 21. The van der Waals surface area contributed by atoms with Crippen molar-refractivity contribution >= 4 is 120 Å². The second kappa shape index (κ2) is 36.3. The van der Waals surface area contributed by atoms with E-state index >= 15 is 17.6 Å². The number of rotatable bonds is 22. The van der Waals surface area contributed by atoms with E-state index in [1.807, 2.05) is 20.5 Å². The van der Waals surface area contributed by atoms with Crippen molar-refractivity contribution in [1.29, 1.82) is 0 Å². The van der Waals surface area contributed by atoms with Gasteiger partial charge in [-0.3, -0.25) is 56.5 Å². The number of amides is 2. The fraction of sp³-hybridized carbons (Fsp3) is 0.289. The van der Waals surface area contributed by atoms with Crippen LogP contribution in [-0.2, 0) is 116 Å². The van der Waals surface area contributed by atoms with Crippen molar-refractivity contribution in [2.75, 3.05) is 22.0 Å². The summed E-state index contributed by atoms with van der Waals surface area (Å²) in [6.45, 7) is 5.31. The van der Waals surface area contributed by atoms with Crippen LogP contribution in [0.1, 0.15) is 112 Å². The molecular formula is C83H73B3ClF12N20O11PdS2-. The summed E-state index contributed by atoms with van der Waals surface area (Å²) in [5, 5.41) is 38.0. The van der Waals surface area contributed by atoms with Gasteiger partial charge >= 0.3 is 21.4 Å². The Kier molecular flexibility index (Phi) is 26.0. The summed E-state index contributed by atoms with van der Waals surface area (Å²) in [5.74, 6) is -17.9. The van der Waals surface area contributed by atoms with Crippen molar-refractivity contribution < 1.29 is 113 Å². The molecule has 14 aromatic rings. The van der Waals surface area contributed by atoms with Gasteiger partial charge in [-0.2, -0.15) is 58.4 Å². The molecule has 8 aromatic heterocycles. The molecule has 3 fully saturated rings. The minimum atomic E-state index is -3.91. The van der Waals surface area contributed by atoms with Gasteiger partial charge in [0.25, 0.3) is 35.8 Å². The summed E-state index contributed by atoms with van der Waals surface area (Å²) < 4.78 is 253. The maximum Gasteiger partial charge on any atom is 0.426 e. The van der Waals surface area contributed by atoms with Crippen LogP contribution in [0.15, 0.2) is 143 Å². The van der Waals surface area contributed by atoms with E-state index in [0.29, 0.717) is 55.0 Å². The standard InChI is InChI=1S/C40H32F6N10O4S.C39H29ClF6N10O4S.C3H9B3O3.CH3.Pd/c1-18-6-9-29(34-31(18)37(52-54(34)2)53-61(3,59)60)56-38(49-27-14-20(7-8-23(27)39(56)58)26-5-4-10-47-50-26)28(13-19-11-21(41)15-22(42)12-19)48-30(57)17-55-35-32(33(51-55)36(43)44)24-16-25(24)40(35,45)46;1-54-33-28(8-7-24(40)31(33)36(52-54)53-61(2,59)60)56-37(49-26-13-18(5-6-21(26)38(56)58)25-4-3-9-47-50-25)27(12-17-10-19(41)14-20(42)11-17)48-29(57)16-55-34-30(32(51-55)35(43)44)22-15-23(22)39(34,45)46;1-4-7-5(2)9-6(3)8-4;;/h4-12,14-15,24-25,28,36H,13,16-17H2,1-3H3,(H,48,57)(H,52,53);3-11,13-14,22-23,27,35H,12,15-16H2,1-2H3,(H,48,57)(H,52,53);1-3H3;1H3;/q;;;-1;/t24-,25+,28-;22-,23+,27-;;;/m00.../s1.